The number of hydrogen-bond acceptors (Lipinski definition) is 19. The Morgan fingerprint density at radius 1 is 0.315 bits per heavy atom. The number of benzene rings is 8. The highest BCUT2D eigenvalue weighted by atomic mass is 16.9. The predicted octanol–water partition coefficient (Wildman–Crippen LogP) is 8.01. The molecule has 0 saturated carbocycles. The third kappa shape index (κ3) is 13.3. The number of aromatic carboxylic acids is 4. The van der Waals surface area contributed by atoms with Crippen molar-refractivity contribution in [2.45, 2.75) is 38.5 Å². The van der Waals surface area contributed by atoms with Gasteiger partial charge in [0.15, 0.2) is 11.5 Å². The van der Waals surface area contributed by atoms with E-state index in [0.29, 0.717) is 11.5 Å². The summed E-state index contributed by atoms with van der Waals surface area (Å²) in [5.74, 6) is -12.1. The van der Waals surface area contributed by atoms with Gasteiger partial charge in [0.2, 0.25) is 0 Å². The summed E-state index contributed by atoms with van der Waals surface area (Å²) in [6, 6.07) is 23.8. The van der Waals surface area contributed by atoms with Gasteiger partial charge >= 0.3 is 35.7 Å². The molecule has 0 saturated heterocycles. The molecule has 0 radical (unpaired) electrons. The minimum atomic E-state index is -1.54. The van der Waals surface area contributed by atoms with Crippen molar-refractivity contribution in [1.82, 2.24) is 10.5 Å². The van der Waals surface area contributed by atoms with Gasteiger partial charge in [0.05, 0.1) is 35.5 Å². The van der Waals surface area contributed by atoms with Gasteiger partial charge in [-0.2, -0.15) is 0 Å². The molecule has 7 aliphatic rings. The minimum absolute atomic E-state index is 0.0837. The highest BCUT2D eigenvalue weighted by Gasteiger charge is 2.29. The molecule has 15 rings (SSSR count). The van der Waals surface area contributed by atoms with Gasteiger partial charge < -0.3 is 75.0 Å². The van der Waals surface area contributed by atoms with E-state index < -0.39 is 142 Å². The van der Waals surface area contributed by atoms with Crippen LogP contribution >= 0.6 is 0 Å². The number of hydrogen-bond donors (Lipinski definition) is 12. The fourth-order valence-corrected chi connectivity index (χ4v) is 10.4. The van der Waals surface area contributed by atoms with E-state index in [1.807, 2.05) is 0 Å². The second-order valence-corrected chi connectivity index (χ2v) is 20.7. The highest BCUT2D eigenvalue weighted by Crippen LogP contribution is 2.41. The first kappa shape index (κ1) is 60.6. The summed E-state index contributed by atoms with van der Waals surface area (Å²) in [5.41, 5.74) is -5.63. The van der Waals surface area contributed by atoms with Crippen molar-refractivity contribution in [3.05, 3.63) is 221 Å². The summed E-state index contributed by atoms with van der Waals surface area (Å²) in [5, 5.41) is 137. The van der Waals surface area contributed by atoms with Crippen LogP contribution in [0.15, 0.2) is 121 Å². The fourth-order valence-electron chi connectivity index (χ4n) is 10.4. The largest absolute Gasteiger partial charge is 0.507 e. The monoisotopic (exact) mass is 1220 g/mol. The first-order valence-electron chi connectivity index (χ1n) is 27.0. The zero-order valence-corrected chi connectivity index (χ0v) is 46.4. The molecule has 0 spiro atoms. The van der Waals surface area contributed by atoms with E-state index in [0.717, 1.165) is 72.8 Å². The van der Waals surface area contributed by atoms with Crippen molar-refractivity contribution < 1.29 is 114 Å². The molecule has 8 aromatic carbocycles. The molecular weight excluding hydrogens is 1160 g/mol. The first-order chi connectivity index (χ1) is 42.5. The zero-order valence-electron chi connectivity index (χ0n) is 46.4. The summed E-state index contributed by atoms with van der Waals surface area (Å²) in [4.78, 5) is 90.9. The molecule has 2 amide bonds. The molecule has 18 bridgehead atoms. The number of ether oxygens (including phenoxy) is 3. The standard InChI is InChI=1S/C64H52N2O23/c67-53-31-13-35-23-45(61(75)76)27-39(55(35)69)17-41-29-47(63(79)80)25-37(57(41)71)15-33-21-44-22-34(54(33)68)16-38-26-48(64(81)82)30-42(58(38)72)18-40-28-46(62(77)78)24-36(56(40)70)14-32(53)20-43(19-31)59(73)65(83)88-51-5-1-49(2-6-51)86-11-9-85-10-12-87-50-3-7-52(8-4-50)89-66(84)60(44)74/h1-8,19-30,67-72,83-84H,9-18H2,(H,75,76)(H,77,78)(H,79,80)(H,81,82). The molecule has 0 aromatic heterocycles. The van der Waals surface area contributed by atoms with Crippen molar-refractivity contribution in [3.8, 4) is 57.5 Å². The van der Waals surface area contributed by atoms with Crippen LogP contribution in [-0.4, -0.2) is 134 Å². The Hall–Kier alpha value is -11.5. The highest BCUT2D eigenvalue weighted by molar-refractivity contribution is 5.95. The lowest BCUT2D eigenvalue weighted by Crippen LogP contribution is -2.31. The van der Waals surface area contributed by atoms with Gasteiger partial charge in [0, 0.05) is 49.7 Å². The SMILES string of the molecule is O=C(O)c1cc2c(O)c(c1)Cc1cc3cc(c1O)Cc1cc(C(=O)O)cc(c1O)Cc1cc(C(=O)O)cc(c1O)Cc1cc(cc(c1O)Cc1cc(C(=O)O)cc(c1O)C2)C(=O)N(O)Oc1ccc(cc1)OCCOCCOc1ccc(cc1)ON(O)C3=O. The average Bonchev–Trinajstić information content (AvgIpc) is 0.974. The minimum Gasteiger partial charge on any atom is -0.507 e. The van der Waals surface area contributed by atoms with Crippen LogP contribution < -0.4 is 19.1 Å². The van der Waals surface area contributed by atoms with Gasteiger partial charge in [-0.25, -0.2) is 19.2 Å². The van der Waals surface area contributed by atoms with E-state index >= 15 is 0 Å². The van der Waals surface area contributed by atoms with E-state index in [1.54, 1.807) is 0 Å². The number of hydroxylamine groups is 4. The Morgan fingerprint density at radius 2 is 0.517 bits per heavy atom. The fraction of sp³-hybridized carbons (Fsp3) is 0.156. The van der Waals surface area contributed by atoms with Crippen LogP contribution in [0.5, 0.6) is 57.5 Å². The number of phenols is 6. The molecule has 6 aliphatic heterocycles. The van der Waals surface area contributed by atoms with Gasteiger partial charge in [-0.1, -0.05) is 0 Å². The summed E-state index contributed by atoms with van der Waals surface area (Å²) in [7, 11) is 0. The van der Waals surface area contributed by atoms with Crippen LogP contribution in [0.25, 0.3) is 0 Å². The normalized spacial score (nSPS) is 14.0. The predicted molar refractivity (Wildman–Crippen MR) is 305 cm³/mol. The number of carboxylic acids is 4. The van der Waals surface area contributed by atoms with Gasteiger partial charge in [-0.15, -0.1) is 0 Å². The van der Waals surface area contributed by atoms with E-state index in [-0.39, 0.29) is 115 Å². The maximum Gasteiger partial charge on any atom is 0.335 e. The molecule has 456 valence electrons. The summed E-state index contributed by atoms with van der Waals surface area (Å²) < 4.78 is 17.1. The molecule has 6 heterocycles. The molecule has 89 heavy (non-hydrogen) atoms. The van der Waals surface area contributed by atoms with E-state index in [2.05, 4.69) is 0 Å². The maximum absolute atomic E-state index is 14.3. The number of aromatic hydroxyl groups is 6. The molecule has 25 heteroatoms. The molecule has 25 nitrogen and oxygen atoms in total. The molecule has 0 fully saturated rings. The number of rotatable bonds is 4. The first-order valence-corrected chi connectivity index (χ1v) is 27.0. The summed E-state index contributed by atoms with van der Waals surface area (Å²) >= 11 is 0. The Morgan fingerprint density at radius 3 is 0.730 bits per heavy atom. The van der Waals surface area contributed by atoms with Crippen molar-refractivity contribution in [2.24, 2.45) is 0 Å². The quantitative estimate of drug-likeness (QED) is 0.0742. The molecular formula is C64H52N2O23. The Kier molecular flexibility index (Phi) is 17.1. The van der Waals surface area contributed by atoms with E-state index in [4.69, 9.17) is 23.9 Å². The second kappa shape index (κ2) is 25.2. The Balaban J connectivity index is 1.21. The summed E-state index contributed by atoms with van der Waals surface area (Å²) in [6.07, 6.45) is -3.76. The molecule has 0 unspecified atom stereocenters. The molecule has 0 atom stereocenters. The number of phenolic OH excluding ortho intramolecular Hbond substituents is 6. The van der Waals surface area contributed by atoms with E-state index in [1.165, 1.54) is 48.5 Å². The Labute approximate surface area is 502 Å². The van der Waals surface area contributed by atoms with Crippen LogP contribution in [0.1, 0.15) is 129 Å². The topological polar surface area (TPSA) is 398 Å². The van der Waals surface area contributed by atoms with Crippen LogP contribution in [0.2, 0.25) is 0 Å². The third-order valence-corrected chi connectivity index (χ3v) is 14.7. The van der Waals surface area contributed by atoms with Gasteiger partial charge in [0.1, 0.15) is 59.2 Å². The van der Waals surface area contributed by atoms with Crippen molar-refractivity contribution in [2.75, 3.05) is 26.4 Å². The molecule has 8 aromatic rings. The smallest absolute Gasteiger partial charge is 0.335 e. The summed E-state index contributed by atoms with van der Waals surface area (Å²) in [6.45, 7) is 0.406. The van der Waals surface area contributed by atoms with Crippen LogP contribution in [0.4, 0.5) is 0 Å². The van der Waals surface area contributed by atoms with Crippen LogP contribution in [-0.2, 0) is 43.3 Å². The van der Waals surface area contributed by atoms with Gasteiger partial charge in [-0.3, -0.25) is 20.0 Å². The number of carboxylic acid groups (broad SMARTS) is 4. The van der Waals surface area contributed by atoms with Crippen LogP contribution in [0, 0.1) is 0 Å². The maximum atomic E-state index is 14.3. The van der Waals surface area contributed by atoms with Gasteiger partial charge in [0.25, 0.3) is 0 Å². The second-order valence-electron chi connectivity index (χ2n) is 20.7. The zero-order chi connectivity index (χ0) is 63.5. The van der Waals surface area contributed by atoms with E-state index in [9.17, 15) is 90.2 Å². The molecule has 12 N–H and O–H groups in total. The third-order valence-electron chi connectivity index (χ3n) is 14.7. The lowest BCUT2D eigenvalue weighted by atomic mass is 9.88. The average molecular weight is 1220 g/mol. The number of amides is 2. The number of nitrogens with zero attached hydrogens (tertiary/aromatic N) is 2. The number of carbonyl (C=O) groups excluding carboxylic acids is 2. The Bertz CT molecular complexity index is 3730. The van der Waals surface area contributed by atoms with Crippen molar-refractivity contribution in [3.63, 3.8) is 0 Å². The van der Waals surface area contributed by atoms with Crippen molar-refractivity contribution in [1.29, 1.82) is 0 Å². The van der Waals surface area contributed by atoms with Crippen molar-refractivity contribution >= 4 is 35.7 Å². The van der Waals surface area contributed by atoms with Gasteiger partial charge in [-0.05, 0) is 199 Å². The van der Waals surface area contributed by atoms with Crippen LogP contribution in [0.3, 0.4) is 0 Å². The lowest BCUT2D eigenvalue weighted by Gasteiger charge is -2.20. The lowest BCUT2D eigenvalue weighted by molar-refractivity contribution is -0.235. The number of carbonyl (C=O) groups is 6. The molecule has 1 aliphatic carbocycles.